The van der Waals surface area contributed by atoms with E-state index in [4.69, 9.17) is 17.3 Å². The molecule has 5 heteroatoms. The van der Waals surface area contributed by atoms with E-state index in [0.717, 1.165) is 31.7 Å². The van der Waals surface area contributed by atoms with Gasteiger partial charge in [-0.2, -0.15) is 0 Å². The monoisotopic (exact) mass is 255 g/mol. The summed E-state index contributed by atoms with van der Waals surface area (Å²) in [4.78, 5) is 6.44. The summed E-state index contributed by atoms with van der Waals surface area (Å²) in [7, 11) is 0. The molecule has 0 amide bonds. The first-order valence-corrected chi connectivity index (χ1v) is 6.29. The molecular formula is C12H18ClN3O. The Hall–Kier alpha value is -1.00. The maximum atomic E-state index is 9.55. The zero-order chi connectivity index (χ0) is 12.4. The molecule has 2 heterocycles. The maximum absolute atomic E-state index is 9.55. The number of nitrogens with zero attached hydrogens (tertiary/aromatic N) is 2. The molecule has 0 aromatic carbocycles. The van der Waals surface area contributed by atoms with Gasteiger partial charge in [0, 0.05) is 19.3 Å². The van der Waals surface area contributed by atoms with Gasteiger partial charge in [0.05, 0.1) is 16.8 Å². The van der Waals surface area contributed by atoms with E-state index in [-0.39, 0.29) is 6.10 Å². The Morgan fingerprint density at radius 2 is 2.18 bits per heavy atom. The predicted octanol–water partition coefficient (Wildman–Crippen LogP) is 1.91. The fraction of sp³-hybridized carbons (Fsp3) is 0.583. The lowest BCUT2D eigenvalue weighted by atomic mass is 9.92. The highest BCUT2D eigenvalue weighted by Gasteiger charge is 2.24. The first kappa shape index (κ1) is 12.5. The van der Waals surface area contributed by atoms with Gasteiger partial charge in [-0.3, -0.25) is 0 Å². The molecule has 3 N–H and O–H groups in total. The molecule has 1 saturated heterocycles. The second-order valence-electron chi connectivity index (χ2n) is 4.63. The van der Waals surface area contributed by atoms with Gasteiger partial charge in [-0.15, -0.1) is 0 Å². The van der Waals surface area contributed by atoms with Crippen molar-refractivity contribution in [3.63, 3.8) is 0 Å². The SMILES string of the molecule is CC(O)C1CCN(c2ncc(Cl)cc2N)CC1. The van der Waals surface area contributed by atoms with Crippen LogP contribution in [0.15, 0.2) is 12.3 Å². The van der Waals surface area contributed by atoms with Crippen molar-refractivity contribution in [1.29, 1.82) is 0 Å². The molecule has 0 bridgehead atoms. The van der Waals surface area contributed by atoms with Gasteiger partial charge in [-0.05, 0) is 31.7 Å². The van der Waals surface area contributed by atoms with Crippen LogP contribution in [0.25, 0.3) is 0 Å². The van der Waals surface area contributed by atoms with Gasteiger partial charge in [0.2, 0.25) is 0 Å². The van der Waals surface area contributed by atoms with Crippen LogP contribution in [0.5, 0.6) is 0 Å². The molecule has 0 aliphatic carbocycles. The number of piperidine rings is 1. The highest BCUT2D eigenvalue weighted by Crippen LogP contribution is 2.28. The number of nitrogens with two attached hydrogens (primary N) is 1. The molecule has 1 atom stereocenters. The Balaban J connectivity index is 2.05. The number of hydrogen-bond acceptors (Lipinski definition) is 4. The summed E-state index contributed by atoms with van der Waals surface area (Å²) in [6, 6.07) is 1.73. The molecule has 1 aliphatic rings. The Morgan fingerprint density at radius 1 is 1.53 bits per heavy atom. The first-order valence-electron chi connectivity index (χ1n) is 5.92. The van der Waals surface area contributed by atoms with Crippen LogP contribution in [0.3, 0.4) is 0 Å². The molecule has 0 saturated carbocycles. The third-order valence-electron chi connectivity index (χ3n) is 3.38. The van der Waals surface area contributed by atoms with E-state index >= 15 is 0 Å². The van der Waals surface area contributed by atoms with Crippen molar-refractivity contribution in [3.8, 4) is 0 Å². The lowest BCUT2D eigenvalue weighted by molar-refractivity contribution is 0.110. The normalized spacial score (nSPS) is 19.4. The van der Waals surface area contributed by atoms with Gasteiger partial charge in [0.15, 0.2) is 5.82 Å². The smallest absolute Gasteiger partial charge is 0.151 e. The lowest BCUT2D eigenvalue weighted by Crippen LogP contribution is -2.37. The highest BCUT2D eigenvalue weighted by molar-refractivity contribution is 6.30. The number of halogens is 1. The zero-order valence-electron chi connectivity index (χ0n) is 9.93. The van der Waals surface area contributed by atoms with Crippen LogP contribution < -0.4 is 10.6 Å². The Kier molecular flexibility index (Phi) is 3.74. The molecule has 94 valence electrons. The molecule has 0 radical (unpaired) electrons. The van der Waals surface area contributed by atoms with E-state index in [1.807, 2.05) is 6.92 Å². The maximum Gasteiger partial charge on any atom is 0.151 e. The molecule has 4 nitrogen and oxygen atoms in total. The quantitative estimate of drug-likeness (QED) is 0.848. The molecular weight excluding hydrogens is 238 g/mol. The topological polar surface area (TPSA) is 62.4 Å². The van der Waals surface area contributed by atoms with Crippen molar-refractivity contribution in [1.82, 2.24) is 4.98 Å². The fourth-order valence-corrected chi connectivity index (χ4v) is 2.47. The number of rotatable bonds is 2. The number of aliphatic hydroxyl groups is 1. The minimum atomic E-state index is -0.229. The summed E-state index contributed by atoms with van der Waals surface area (Å²) in [5.74, 6) is 1.19. The van der Waals surface area contributed by atoms with Crippen LogP contribution in [0.4, 0.5) is 11.5 Å². The molecule has 1 aliphatic heterocycles. The molecule has 1 fully saturated rings. The number of hydrogen-bond donors (Lipinski definition) is 2. The Morgan fingerprint density at radius 3 is 2.71 bits per heavy atom. The standard InChI is InChI=1S/C12H18ClN3O/c1-8(17)9-2-4-16(5-3-9)12-11(14)6-10(13)7-15-12/h6-9,17H,2-5,14H2,1H3. The lowest BCUT2D eigenvalue weighted by Gasteiger charge is -2.34. The van der Waals surface area contributed by atoms with Gasteiger partial charge in [0.1, 0.15) is 0 Å². The van der Waals surface area contributed by atoms with E-state index in [1.165, 1.54) is 0 Å². The van der Waals surface area contributed by atoms with Crippen LogP contribution in [0, 0.1) is 5.92 Å². The second-order valence-corrected chi connectivity index (χ2v) is 5.07. The van der Waals surface area contributed by atoms with Gasteiger partial charge in [-0.25, -0.2) is 4.98 Å². The fourth-order valence-electron chi connectivity index (χ4n) is 2.31. The predicted molar refractivity (Wildman–Crippen MR) is 70.3 cm³/mol. The van der Waals surface area contributed by atoms with Gasteiger partial charge < -0.3 is 15.7 Å². The van der Waals surface area contributed by atoms with Crippen LogP contribution in [0.2, 0.25) is 5.02 Å². The molecule has 1 unspecified atom stereocenters. The van der Waals surface area contributed by atoms with E-state index in [2.05, 4.69) is 9.88 Å². The van der Waals surface area contributed by atoms with Crippen molar-refractivity contribution < 1.29 is 5.11 Å². The average molecular weight is 256 g/mol. The molecule has 1 aromatic heterocycles. The van der Waals surface area contributed by atoms with Crippen molar-refractivity contribution in [2.45, 2.75) is 25.9 Å². The van der Waals surface area contributed by atoms with Gasteiger partial charge >= 0.3 is 0 Å². The molecule has 1 aromatic rings. The van der Waals surface area contributed by atoms with E-state index in [1.54, 1.807) is 12.3 Å². The molecule has 0 spiro atoms. The number of nitrogen functional groups attached to an aromatic ring is 1. The van der Waals surface area contributed by atoms with Crippen molar-refractivity contribution in [2.24, 2.45) is 5.92 Å². The van der Waals surface area contributed by atoms with Crippen molar-refractivity contribution in [3.05, 3.63) is 17.3 Å². The van der Waals surface area contributed by atoms with Gasteiger partial charge in [0.25, 0.3) is 0 Å². The highest BCUT2D eigenvalue weighted by atomic mass is 35.5. The van der Waals surface area contributed by atoms with Gasteiger partial charge in [-0.1, -0.05) is 11.6 Å². The summed E-state index contributed by atoms with van der Waals surface area (Å²) in [5, 5.41) is 10.1. The third-order valence-corrected chi connectivity index (χ3v) is 3.59. The third kappa shape index (κ3) is 2.82. The average Bonchev–Trinajstić information content (AvgIpc) is 2.29. The number of aliphatic hydroxyl groups excluding tert-OH is 1. The Labute approximate surface area is 106 Å². The van der Waals surface area contributed by atoms with Crippen LogP contribution in [-0.2, 0) is 0 Å². The zero-order valence-corrected chi connectivity index (χ0v) is 10.7. The van der Waals surface area contributed by atoms with Crippen LogP contribution in [0.1, 0.15) is 19.8 Å². The number of pyridine rings is 1. The van der Waals surface area contributed by atoms with Crippen molar-refractivity contribution >= 4 is 23.1 Å². The van der Waals surface area contributed by atoms with E-state index in [0.29, 0.717) is 16.6 Å². The molecule has 17 heavy (non-hydrogen) atoms. The Bertz CT molecular complexity index is 389. The largest absolute Gasteiger partial charge is 0.396 e. The summed E-state index contributed by atoms with van der Waals surface area (Å²) in [5.41, 5.74) is 6.53. The number of aromatic nitrogens is 1. The first-order chi connectivity index (χ1) is 8.08. The summed E-state index contributed by atoms with van der Waals surface area (Å²) < 4.78 is 0. The minimum absolute atomic E-state index is 0.229. The van der Waals surface area contributed by atoms with E-state index < -0.39 is 0 Å². The van der Waals surface area contributed by atoms with Crippen molar-refractivity contribution in [2.75, 3.05) is 23.7 Å². The van der Waals surface area contributed by atoms with Crippen LogP contribution >= 0.6 is 11.6 Å². The summed E-state index contributed by atoms with van der Waals surface area (Å²) in [6.07, 6.45) is 3.34. The molecule has 2 rings (SSSR count). The summed E-state index contributed by atoms with van der Waals surface area (Å²) >= 11 is 5.83. The van der Waals surface area contributed by atoms with Crippen LogP contribution in [-0.4, -0.2) is 29.3 Å². The second kappa shape index (κ2) is 5.10. The minimum Gasteiger partial charge on any atom is -0.396 e. The summed E-state index contributed by atoms with van der Waals surface area (Å²) in [6.45, 7) is 3.62. The number of anilines is 2. The van der Waals surface area contributed by atoms with E-state index in [9.17, 15) is 5.11 Å².